The van der Waals surface area contributed by atoms with Gasteiger partial charge in [-0.05, 0) is 12.3 Å². The minimum atomic E-state index is -0.405. The van der Waals surface area contributed by atoms with Gasteiger partial charge in [-0.3, -0.25) is 10.1 Å². The monoisotopic (exact) mass is 260 g/mol. The summed E-state index contributed by atoms with van der Waals surface area (Å²) in [5.74, 6) is 0.970. The van der Waals surface area contributed by atoms with Gasteiger partial charge < -0.3 is 5.32 Å². The van der Waals surface area contributed by atoms with Crippen molar-refractivity contribution in [1.82, 2.24) is 5.32 Å². The summed E-state index contributed by atoms with van der Waals surface area (Å²) in [6.45, 7) is 1.24. The second-order valence-electron chi connectivity index (χ2n) is 3.16. The minimum Gasteiger partial charge on any atom is -0.312 e. The fraction of sp³-hybridized carbons (Fsp3) is 0.400. The van der Waals surface area contributed by atoms with E-state index < -0.39 is 4.92 Å². The highest BCUT2D eigenvalue weighted by Gasteiger charge is 2.15. The molecule has 1 N–H and O–H groups in total. The average molecular weight is 261 g/mol. The van der Waals surface area contributed by atoms with Crippen LogP contribution >= 0.6 is 23.4 Å². The highest BCUT2D eigenvalue weighted by Crippen LogP contribution is 2.25. The molecule has 0 spiro atoms. The zero-order valence-electron chi connectivity index (χ0n) is 8.90. The van der Waals surface area contributed by atoms with E-state index in [1.165, 1.54) is 6.07 Å². The predicted molar refractivity (Wildman–Crippen MR) is 68.2 cm³/mol. The van der Waals surface area contributed by atoms with Crippen LogP contribution in [-0.4, -0.2) is 23.5 Å². The maximum atomic E-state index is 10.8. The molecule has 0 amide bonds. The van der Waals surface area contributed by atoms with Crippen molar-refractivity contribution >= 4 is 29.1 Å². The summed E-state index contributed by atoms with van der Waals surface area (Å²) in [6, 6.07) is 4.73. The third-order valence-corrected chi connectivity index (χ3v) is 3.04. The van der Waals surface area contributed by atoms with E-state index in [-0.39, 0.29) is 5.69 Å². The van der Waals surface area contributed by atoms with Gasteiger partial charge in [-0.1, -0.05) is 17.7 Å². The molecule has 0 aliphatic rings. The van der Waals surface area contributed by atoms with E-state index >= 15 is 0 Å². The third kappa shape index (κ3) is 3.66. The minimum absolute atomic E-state index is 0.0733. The summed E-state index contributed by atoms with van der Waals surface area (Å²) in [7, 11) is 0. The molecule has 6 heteroatoms. The van der Waals surface area contributed by atoms with Gasteiger partial charge in [-0.15, -0.1) is 0 Å². The van der Waals surface area contributed by atoms with Crippen LogP contribution < -0.4 is 5.32 Å². The van der Waals surface area contributed by atoms with Crippen molar-refractivity contribution in [2.24, 2.45) is 0 Å². The number of nitro benzene ring substituents is 1. The standard InChI is InChI=1S/C10H13ClN2O2S/c1-16-6-5-12-7-8-9(11)3-2-4-10(8)13(14)15/h2-4,12H,5-7H2,1H3. The van der Waals surface area contributed by atoms with Crippen LogP contribution in [0.3, 0.4) is 0 Å². The van der Waals surface area contributed by atoms with Crippen LogP contribution in [0.2, 0.25) is 5.02 Å². The van der Waals surface area contributed by atoms with E-state index in [9.17, 15) is 10.1 Å². The molecular weight excluding hydrogens is 248 g/mol. The van der Waals surface area contributed by atoms with Crippen LogP contribution in [-0.2, 0) is 6.54 Å². The molecule has 0 unspecified atom stereocenters. The number of rotatable bonds is 6. The molecule has 0 radical (unpaired) electrons. The number of nitrogens with one attached hydrogen (secondary N) is 1. The molecule has 16 heavy (non-hydrogen) atoms. The first-order valence-corrected chi connectivity index (χ1v) is 6.55. The fourth-order valence-corrected chi connectivity index (χ4v) is 1.87. The molecule has 0 aliphatic heterocycles. The lowest BCUT2D eigenvalue weighted by atomic mass is 10.2. The van der Waals surface area contributed by atoms with Crippen LogP contribution in [0.1, 0.15) is 5.56 Å². The summed E-state index contributed by atoms with van der Waals surface area (Å²) in [4.78, 5) is 10.4. The highest BCUT2D eigenvalue weighted by molar-refractivity contribution is 7.98. The molecule has 0 saturated heterocycles. The Morgan fingerprint density at radius 2 is 2.31 bits per heavy atom. The van der Waals surface area contributed by atoms with Crippen LogP contribution in [0.5, 0.6) is 0 Å². The average Bonchev–Trinajstić information content (AvgIpc) is 2.25. The molecule has 0 bridgehead atoms. The molecule has 0 aliphatic carbocycles. The number of hydrogen-bond acceptors (Lipinski definition) is 4. The van der Waals surface area contributed by atoms with Crippen molar-refractivity contribution in [1.29, 1.82) is 0 Å². The van der Waals surface area contributed by atoms with Crippen LogP contribution in [0, 0.1) is 10.1 Å². The molecule has 4 nitrogen and oxygen atoms in total. The van der Waals surface area contributed by atoms with Crippen molar-refractivity contribution in [3.63, 3.8) is 0 Å². The zero-order chi connectivity index (χ0) is 12.0. The van der Waals surface area contributed by atoms with Crippen molar-refractivity contribution in [2.75, 3.05) is 18.6 Å². The molecule has 0 heterocycles. The first kappa shape index (κ1) is 13.3. The van der Waals surface area contributed by atoms with Gasteiger partial charge in [0.2, 0.25) is 0 Å². The predicted octanol–water partition coefficient (Wildman–Crippen LogP) is 2.70. The molecule has 88 valence electrons. The van der Waals surface area contributed by atoms with Gasteiger partial charge in [-0.2, -0.15) is 11.8 Å². The number of halogens is 1. The number of nitrogens with zero attached hydrogens (tertiary/aromatic N) is 1. The van der Waals surface area contributed by atoms with Gasteiger partial charge in [0.05, 0.1) is 15.5 Å². The molecule has 1 aromatic carbocycles. The molecular formula is C10H13ClN2O2S. The van der Waals surface area contributed by atoms with Crippen LogP contribution in [0.15, 0.2) is 18.2 Å². The molecule has 1 aromatic rings. The van der Waals surface area contributed by atoms with Crippen molar-refractivity contribution in [3.05, 3.63) is 38.9 Å². The van der Waals surface area contributed by atoms with E-state index in [2.05, 4.69) is 5.32 Å². The van der Waals surface area contributed by atoms with Gasteiger partial charge >= 0.3 is 0 Å². The molecule has 0 fully saturated rings. The highest BCUT2D eigenvalue weighted by atomic mass is 35.5. The topological polar surface area (TPSA) is 55.2 Å². The van der Waals surface area contributed by atoms with E-state index in [1.54, 1.807) is 23.9 Å². The smallest absolute Gasteiger partial charge is 0.275 e. The van der Waals surface area contributed by atoms with Gasteiger partial charge in [-0.25, -0.2) is 0 Å². The fourth-order valence-electron chi connectivity index (χ4n) is 1.28. The Morgan fingerprint density at radius 1 is 1.56 bits per heavy atom. The lowest BCUT2D eigenvalue weighted by Crippen LogP contribution is -2.17. The first-order valence-electron chi connectivity index (χ1n) is 4.78. The van der Waals surface area contributed by atoms with Crippen molar-refractivity contribution in [2.45, 2.75) is 6.54 Å². The lowest BCUT2D eigenvalue weighted by molar-refractivity contribution is -0.385. The Balaban J connectivity index is 2.73. The van der Waals surface area contributed by atoms with E-state index in [4.69, 9.17) is 11.6 Å². The number of hydrogen-bond donors (Lipinski definition) is 1. The SMILES string of the molecule is CSCCNCc1c(Cl)cccc1[N+](=O)[O-]. The third-order valence-electron chi connectivity index (χ3n) is 2.08. The van der Waals surface area contributed by atoms with Crippen molar-refractivity contribution < 1.29 is 4.92 Å². The summed E-state index contributed by atoms with van der Waals surface area (Å²) in [5, 5.41) is 14.3. The molecule has 0 atom stereocenters. The van der Waals surface area contributed by atoms with E-state index in [1.807, 2.05) is 6.26 Å². The second kappa shape index (κ2) is 6.73. The van der Waals surface area contributed by atoms with Gasteiger partial charge in [0, 0.05) is 24.9 Å². The van der Waals surface area contributed by atoms with Gasteiger partial charge in [0.25, 0.3) is 5.69 Å². The van der Waals surface area contributed by atoms with E-state index in [0.29, 0.717) is 17.1 Å². The lowest BCUT2D eigenvalue weighted by Gasteiger charge is -2.06. The summed E-state index contributed by atoms with van der Waals surface area (Å²) in [6.07, 6.45) is 2.01. The van der Waals surface area contributed by atoms with Gasteiger partial charge in [0.15, 0.2) is 0 Å². The Bertz CT molecular complexity index is 374. The summed E-state index contributed by atoms with van der Waals surface area (Å²) in [5.41, 5.74) is 0.624. The molecule has 0 saturated carbocycles. The number of benzene rings is 1. The quantitative estimate of drug-likeness (QED) is 0.485. The maximum absolute atomic E-state index is 10.8. The van der Waals surface area contributed by atoms with Gasteiger partial charge in [0.1, 0.15) is 0 Å². The Morgan fingerprint density at radius 3 is 2.94 bits per heavy atom. The Labute approximate surface area is 104 Å². The molecule has 0 aromatic heterocycles. The second-order valence-corrected chi connectivity index (χ2v) is 4.56. The summed E-state index contributed by atoms with van der Waals surface area (Å²) >= 11 is 7.66. The maximum Gasteiger partial charge on any atom is 0.275 e. The molecule has 1 rings (SSSR count). The first-order chi connectivity index (χ1) is 7.66. The normalized spacial score (nSPS) is 10.4. The zero-order valence-corrected chi connectivity index (χ0v) is 10.5. The number of thioether (sulfide) groups is 1. The Kier molecular flexibility index (Phi) is 5.59. The Hall–Kier alpha value is -0.780. The number of nitro groups is 1. The van der Waals surface area contributed by atoms with Crippen molar-refractivity contribution in [3.8, 4) is 0 Å². The largest absolute Gasteiger partial charge is 0.312 e. The van der Waals surface area contributed by atoms with Crippen LogP contribution in [0.4, 0.5) is 5.69 Å². The van der Waals surface area contributed by atoms with Crippen LogP contribution in [0.25, 0.3) is 0 Å². The van der Waals surface area contributed by atoms with E-state index in [0.717, 1.165) is 12.3 Å². The summed E-state index contributed by atoms with van der Waals surface area (Å²) < 4.78 is 0.